The van der Waals surface area contributed by atoms with E-state index in [1.165, 1.54) is 5.56 Å². The summed E-state index contributed by atoms with van der Waals surface area (Å²) in [5, 5.41) is 14.0. The number of aryl methyl sites for hydroxylation is 1. The van der Waals surface area contributed by atoms with Gasteiger partial charge >= 0.3 is 0 Å². The second-order valence-corrected chi connectivity index (χ2v) is 8.69. The smallest absolute Gasteiger partial charge is 0.170 e. The highest BCUT2D eigenvalue weighted by atomic mass is 32.1. The van der Waals surface area contributed by atoms with Crippen LogP contribution < -0.4 is 5.32 Å². The van der Waals surface area contributed by atoms with Crippen molar-refractivity contribution in [3.63, 3.8) is 0 Å². The molecule has 0 radical (unpaired) electrons. The maximum absolute atomic E-state index is 9.70. The van der Waals surface area contributed by atoms with E-state index >= 15 is 0 Å². The molecule has 0 amide bonds. The van der Waals surface area contributed by atoms with Crippen molar-refractivity contribution in [1.29, 1.82) is 0 Å². The Balaban J connectivity index is 1.80. The Morgan fingerprint density at radius 3 is 2.52 bits per heavy atom. The summed E-state index contributed by atoms with van der Waals surface area (Å²) >= 11 is 5.77. The van der Waals surface area contributed by atoms with Gasteiger partial charge in [0.15, 0.2) is 5.11 Å². The van der Waals surface area contributed by atoms with Crippen LogP contribution in [0.3, 0.4) is 0 Å². The molecule has 2 N–H and O–H groups in total. The Kier molecular flexibility index (Phi) is 5.98. The van der Waals surface area contributed by atoms with Gasteiger partial charge in [0, 0.05) is 36.4 Å². The molecule has 7 heteroatoms. The maximum atomic E-state index is 9.70. The van der Waals surface area contributed by atoms with Crippen molar-refractivity contribution in [2.75, 3.05) is 27.2 Å². The van der Waals surface area contributed by atoms with E-state index in [9.17, 15) is 5.11 Å². The van der Waals surface area contributed by atoms with Crippen molar-refractivity contribution in [3.05, 3.63) is 77.4 Å². The predicted molar refractivity (Wildman–Crippen MR) is 128 cm³/mol. The zero-order valence-electron chi connectivity index (χ0n) is 18.4. The van der Waals surface area contributed by atoms with Crippen LogP contribution in [-0.2, 0) is 0 Å². The second-order valence-electron chi connectivity index (χ2n) is 8.30. The monoisotopic (exact) mass is 435 g/mol. The van der Waals surface area contributed by atoms with Gasteiger partial charge in [-0.15, -0.1) is 0 Å². The van der Waals surface area contributed by atoms with Crippen LogP contribution in [0.1, 0.15) is 34.7 Å². The number of phenols is 1. The molecule has 3 aromatic rings. The fourth-order valence-electron chi connectivity index (χ4n) is 4.38. The Bertz CT molecular complexity index is 1060. The third kappa shape index (κ3) is 4.16. The van der Waals surface area contributed by atoms with Crippen LogP contribution in [0.2, 0.25) is 0 Å². The van der Waals surface area contributed by atoms with Gasteiger partial charge in [-0.3, -0.25) is 4.98 Å². The maximum Gasteiger partial charge on any atom is 0.170 e. The third-order valence-corrected chi connectivity index (χ3v) is 6.24. The third-order valence-electron chi connectivity index (χ3n) is 5.88. The number of aromatic nitrogens is 2. The topological polar surface area (TPSA) is 56.6 Å². The largest absolute Gasteiger partial charge is 0.508 e. The lowest BCUT2D eigenvalue weighted by molar-refractivity contribution is 0.277. The molecule has 0 spiro atoms. The van der Waals surface area contributed by atoms with Crippen molar-refractivity contribution in [1.82, 2.24) is 24.7 Å². The molecular weight excluding hydrogens is 406 g/mol. The molecule has 1 aliphatic rings. The Morgan fingerprint density at radius 2 is 1.87 bits per heavy atom. The molecule has 31 heavy (non-hydrogen) atoms. The summed E-state index contributed by atoms with van der Waals surface area (Å²) < 4.78 is 2.23. The standard InChI is InChI=1S/C24H29N5OS/c1-16-15-20(17(2)29(16)18-8-10-19(30)11-9-18)23-22(21-7-5-6-12-25-21)26-24(31)28(23)14-13-27(3)4/h5-12,15,22-23,30H,13-14H2,1-4H3,(H,26,31)/t22-,23-/m0/s1. The number of phenolic OH excluding ortho intramolecular Hbond substituents is 1. The summed E-state index contributed by atoms with van der Waals surface area (Å²) in [5.74, 6) is 0.266. The van der Waals surface area contributed by atoms with Crippen molar-refractivity contribution < 1.29 is 5.11 Å². The van der Waals surface area contributed by atoms with E-state index < -0.39 is 0 Å². The first-order valence-electron chi connectivity index (χ1n) is 10.5. The molecule has 0 bridgehead atoms. The molecule has 1 fully saturated rings. The summed E-state index contributed by atoms with van der Waals surface area (Å²) in [5.41, 5.74) is 5.55. The SMILES string of the molecule is Cc1cc([C@H]2[C@H](c3ccccn3)NC(=S)N2CCN(C)C)c(C)n1-c1ccc(O)cc1. The molecule has 6 nitrogen and oxygen atoms in total. The van der Waals surface area contributed by atoms with Gasteiger partial charge in [0.2, 0.25) is 0 Å². The van der Waals surface area contributed by atoms with Crippen LogP contribution in [-0.4, -0.2) is 56.8 Å². The number of hydrogen-bond acceptors (Lipinski definition) is 4. The molecule has 0 aliphatic carbocycles. The molecule has 2 aromatic heterocycles. The number of thiocarbonyl (C=S) groups is 1. The zero-order chi connectivity index (χ0) is 22.1. The Labute approximate surface area is 189 Å². The van der Waals surface area contributed by atoms with Crippen LogP contribution in [0.4, 0.5) is 0 Å². The average Bonchev–Trinajstić information content (AvgIpc) is 3.23. The number of pyridine rings is 1. The first-order chi connectivity index (χ1) is 14.9. The minimum Gasteiger partial charge on any atom is -0.508 e. The molecule has 0 saturated carbocycles. The van der Waals surface area contributed by atoms with Gasteiger partial charge in [0.25, 0.3) is 0 Å². The Hall–Kier alpha value is -2.90. The first-order valence-corrected chi connectivity index (χ1v) is 10.9. The van der Waals surface area contributed by atoms with E-state index in [0.29, 0.717) is 0 Å². The minimum atomic E-state index is -0.0235. The number of nitrogens with one attached hydrogen (secondary N) is 1. The van der Waals surface area contributed by atoms with Gasteiger partial charge in [-0.2, -0.15) is 0 Å². The molecule has 1 saturated heterocycles. The van der Waals surface area contributed by atoms with Gasteiger partial charge in [0.05, 0.1) is 17.8 Å². The van der Waals surface area contributed by atoms with Crippen LogP contribution in [0.5, 0.6) is 5.75 Å². The van der Waals surface area contributed by atoms with Gasteiger partial charge in [-0.05, 0) is 88.2 Å². The van der Waals surface area contributed by atoms with Gasteiger partial charge in [-0.1, -0.05) is 6.07 Å². The normalized spacial score (nSPS) is 18.6. The van der Waals surface area contributed by atoms with Crippen molar-refractivity contribution in [2.24, 2.45) is 0 Å². The number of hydrogen-bond donors (Lipinski definition) is 2. The van der Waals surface area contributed by atoms with Crippen LogP contribution in [0, 0.1) is 13.8 Å². The number of rotatable bonds is 6. The first kappa shape index (κ1) is 21.3. The summed E-state index contributed by atoms with van der Waals surface area (Å²) in [6, 6.07) is 15.6. The molecule has 4 rings (SSSR count). The molecule has 162 valence electrons. The highest BCUT2D eigenvalue weighted by Crippen LogP contribution is 2.41. The highest BCUT2D eigenvalue weighted by molar-refractivity contribution is 7.80. The zero-order valence-corrected chi connectivity index (χ0v) is 19.2. The van der Waals surface area contributed by atoms with E-state index in [4.69, 9.17) is 12.2 Å². The van der Waals surface area contributed by atoms with Crippen LogP contribution in [0.15, 0.2) is 54.7 Å². The summed E-state index contributed by atoms with van der Waals surface area (Å²) in [7, 11) is 4.16. The lowest BCUT2D eigenvalue weighted by Gasteiger charge is -2.29. The molecule has 0 unspecified atom stereocenters. The number of nitrogens with zero attached hydrogens (tertiary/aromatic N) is 4. The van der Waals surface area contributed by atoms with Crippen molar-refractivity contribution in [3.8, 4) is 11.4 Å². The Morgan fingerprint density at radius 1 is 1.13 bits per heavy atom. The van der Waals surface area contributed by atoms with E-state index in [0.717, 1.165) is 41.0 Å². The predicted octanol–water partition coefficient (Wildman–Crippen LogP) is 3.73. The van der Waals surface area contributed by atoms with E-state index in [-0.39, 0.29) is 17.8 Å². The van der Waals surface area contributed by atoms with Gasteiger partial charge in [0.1, 0.15) is 5.75 Å². The molecule has 1 aromatic carbocycles. The molecule has 2 atom stereocenters. The van der Waals surface area contributed by atoms with E-state index in [1.807, 2.05) is 30.5 Å². The van der Waals surface area contributed by atoms with E-state index in [1.54, 1.807) is 12.1 Å². The quantitative estimate of drug-likeness (QED) is 0.576. The molecule has 3 heterocycles. The fourth-order valence-corrected chi connectivity index (χ4v) is 4.71. The summed E-state index contributed by atoms with van der Waals surface area (Å²) in [6.07, 6.45) is 1.83. The van der Waals surface area contributed by atoms with E-state index in [2.05, 4.69) is 64.7 Å². The van der Waals surface area contributed by atoms with Gasteiger partial charge in [-0.25, -0.2) is 0 Å². The summed E-state index contributed by atoms with van der Waals surface area (Å²) in [6.45, 7) is 6.00. The fraction of sp³-hybridized carbons (Fsp3) is 0.333. The van der Waals surface area contributed by atoms with Gasteiger partial charge < -0.3 is 24.8 Å². The second kappa shape index (κ2) is 8.69. The average molecular weight is 436 g/mol. The summed E-state index contributed by atoms with van der Waals surface area (Å²) in [4.78, 5) is 9.10. The number of likely N-dealkylation sites (N-methyl/N-ethyl adjacent to an activating group) is 1. The van der Waals surface area contributed by atoms with Crippen LogP contribution >= 0.6 is 12.2 Å². The van der Waals surface area contributed by atoms with Crippen LogP contribution in [0.25, 0.3) is 5.69 Å². The van der Waals surface area contributed by atoms with Crippen molar-refractivity contribution in [2.45, 2.75) is 25.9 Å². The highest BCUT2D eigenvalue weighted by Gasteiger charge is 2.41. The number of benzene rings is 1. The molecule has 1 aliphatic heterocycles. The molecular formula is C24H29N5OS. The number of aromatic hydroxyl groups is 1. The lowest BCUT2D eigenvalue weighted by atomic mass is 9.97. The van der Waals surface area contributed by atoms with Crippen molar-refractivity contribution >= 4 is 17.3 Å². The lowest BCUT2D eigenvalue weighted by Crippen LogP contribution is -2.35. The minimum absolute atomic E-state index is 0.0235.